The minimum absolute atomic E-state index is 0.0662. The summed E-state index contributed by atoms with van der Waals surface area (Å²) in [6.07, 6.45) is 3.66. The van der Waals surface area contributed by atoms with Crippen LogP contribution in [0.3, 0.4) is 0 Å². The van der Waals surface area contributed by atoms with Crippen LogP contribution < -0.4 is 5.32 Å². The van der Waals surface area contributed by atoms with E-state index in [1.54, 1.807) is 10.9 Å². The summed E-state index contributed by atoms with van der Waals surface area (Å²) in [5.41, 5.74) is 0. The average Bonchev–Trinajstić information content (AvgIpc) is 2.68. The summed E-state index contributed by atoms with van der Waals surface area (Å²) in [6.45, 7) is 1.91. The van der Waals surface area contributed by atoms with Crippen LogP contribution in [0.15, 0.2) is 12.3 Å². The van der Waals surface area contributed by atoms with E-state index in [1.165, 1.54) is 6.07 Å². The molecular formula is C8H12N4O2. The molecule has 6 nitrogen and oxygen atoms in total. The Hall–Kier alpha value is -1.43. The zero-order valence-electron chi connectivity index (χ0n) is 7.72. The first-order valence-electron chi connectivity index (χ1n) is 4.67. The summed E-state index contributed by atoms with van der Waals surface area (Å²) < 4.78 is 1.71. The molecule has 1 saturated heterocycles. The van der Waals surface area contributed by atoms with Crippen molar-refractivity contribution in [3.05, 3.63) is 22.4 Å². The lowest BCUT2D eigenvalue weighted by molar-refractivity contribution is -0.389. The highest BCUT2D eigenvalue weighted by Crippen LogP contribution is 2.19. The molecule has 14 heavy (non-hydrogen) atoms. The summed E-state index contributed by atoms with van der Waals surface area (Å²) in [5.74, 6) is -0.0662. The van der Waals surface area contributed by atoms with Crippen molar-refractivity contribution in [2.24, 2.45) is 0 Å². The van der Waals surface area contributed by atoms with E-state index in [0.717, 1.165) is 25.9 Å². The SMILES string of the molecule is O=[N+]([O-])c1ccn(C2CCNCC2)n1. The smallest absolute Gasteiger partial charge is 0.358 e. The van der Waals surface area contributed by atoms with Crippen LogP contribution in [-0.4, -0.2) is 27.8 Å². The molecular weight excluding hydrogens is 184 g/mol. The lowest BCUT2D eigenvalue weighted by atomic mass is 10.1. The fourth-order valence-corrected chi connectivity index (χ4v) is 1.70. The molecule has 0 amide bonds. The fourth-order valence-electron chi connectivity index (χ4n) is 1.70. The van der Waals surface area contributed by atoms with Gasteiger partial charge >= 0.3 is 5.82 Å². The van der Waals surface area contributed by atoms with Gasteiger partial charge in [0.15, 0.2) is 0 Å². The maximum absolute atomic E-state index is 10.4. The number of rotatable bonds is 2. The Morgan fingerprint density at radius 2 is 2.29 bits per heavy atom. The van der Waals surface area contributed by atoms with Gasteiger partial charge in [-0.2, -0.15) is 4.68 Å². The third-order valence-corrected chi connectivity index (χ3v) is 2.46. The third-order valence-electron chi connectivity index (χ3n) is 2.46. The normalized spacial score (nSPS) is 18.3. The molecule has 1 fully saturated rings. The molecule has 0 atom stereocenters. The molecule has 1 aliphatic rings. The fraction of sp³-hybridized carbons (Fsp3) is 0.625. The molecule has 0 aliphatic carbocycles. The Balaban J connectivity index is 2.11. The van der Waals surface area contributed by atoms with Crippen LogP contribution in [0.2, 0.25) is 0 Å². The first-order chi connectivity index (χ1) is 6.77. The molecule has 0 spiro atoms. The van der Waals surface area contributed by atoms with Crippen molar-refractivity contribution in [2.75, 3.05) is 13.1 Å². The molecule has 1 aliphatic heterocycles. The molecule has 1 N–H and O–H groups in total. The van der Waals surface area contributed by atoms with Crippen molar-refractivity contribution in [3.63, 3.8) is 0 Å². The highest BCUT2D eigenvalue weighted by atomic mass is 16.6. The van der Waals surface area contributed by atoms with Gasteiger partial charge in [0.1, 0.15) is 0 Å². The van der Waals surface area contributed by atoms with Crippen LogP contribution in [0.25, 0.3) is 0 Å². The molecule has 2 heterocycles. The van der Waals surface area contributed by atoms with E-state index in [1.807, 2.05) is 0 Å². The van der Waals surface area contributed by atoms with Gasteiger partial charge in [0.2, 0.25) is 0 Å². The van der Waals surface area contributed by atoms with Crippen molar-refractivity contribution >= 4 is 5.82 Å². The van der Waals surface area contributed by atoms with Gasteiger partial charge < -0.3 is 15.4 Å². The van der Waals surface area contributed by atoms with E-state index < -0.39 is 4.92 Å². The standard InChI is InChI=1S/C8H12N4O2/c13-12(14)8-3-6-11(10-8)7-1-4-9-5-2-7/h3,6-7,9H,1-2,4-5H2. The lowest BCUT2D eigenvalue weighted by Crippen LogP contribution is -2.29. The van der Waals surface area contributed by atoms with Crippen LogP contribution in [0.4, 0.5) is 5.82 Å². The summed E-state index contributed by atoms with van der Waals surface area (Å²) in [4.78, 5) is 9.95. The van der Waals surface area contributed by atoms with Crippen molar-refractivity contribution in [2.45, 2.75) is 18.9 Å². The van der Waals surface area contributed by atoms with Crippen LogP contribution in [0.5, 0.6) is 0 Å². The quantitative estimate of drug-likeness (QED) is 0.558. The van der Waals surface area contributed by atoms with Crippen LogP contribution in [-0.2, 0) is 0 Å². The Morgan fingerprint density at radius 3 is 2.86 bits per heavy atom. The van der Waals surface area contributed by atoms with Gasteiger partial charge in [0.25, 0.3) is 0 Å². The topological polar surface area (TPSA) is 73.0 Å². The van der Waals surface area contributed by atoms with Gasteiger partial charge in [0.05, 0.1) is 23.4 Å². The largest absolute Gasteiger partial charge is 0.389 e. The zero-order valence-corrected chi connectivity index (χ0v) is 7.72. The second-order valence-electron chi connectivity index (χ2n) is 3.39. The van der Waals surface area contributed by atoms with Crippen LogP contribution in [0, 0.1) is 10.1 Å². The second-order valence-corrected chi connectivity index (χ2v) is 3.39. The van der Waals surface area contributed by atoms with Crippen LogP contribution in [0.1, 0.15) is 18.9 Å². The van der Waals surface area contributed by atoms with Gasteiger partial charge in [-0.3, -0.25) is 0 Å². The molecule has 76 valence electrons. The molecule has 6 heteroatoms. The minimum atomic E-state index is -0.461. The maximum Gasteiger partial charge on any atom is 0.389 e. The Kier molecular flexibility index (Phi) is 2.45. The number of nitrogens with one attached hydrogen (secondary N) is 1. The summed E-state index contributed by atoms with van der Waals surface area (Å²) in [7, 11) is 0. The van der Waals surface area contributed by atoms with Crippen molar-refractivity contribution in [1.29, 1.82) is 0 Å². The molecule has 2 rings (SSSR count). The summed E-state index contributed by atoms with van der Waals surface area (Å²) in [6, 6.07) is 1.76. The Labute approximate surface area is 81.1 Å². The van der Waals surface area contributed by atoms with Gasteiger partial charge in [0, 0.05) is 0 Å². The number of aromatic nitrogens is 2. The molecule has 0 radical (unpaired) electrons. The van der Waals surface area contributed by atoms with Gasteiger partial charge in [-0.05, 0) is 30.9 Å². The van der Waals surface area contributed by atoms with Gasteiger partial charge in [-0.15, -0.1) is 0 Å². The van der Waals surface area contributed by atoms with E-state index in [9.17, 15) is 10.1 Å². The Bertz CT molecular complexity index is 330. The van der Waals surface area contributed by atoms with E-state index in [0.29, 0.717) is 6.04 Å². The number of hydrogen-bond acceptors (Lipinski definition) is 4. The van der Waals surface area contributed by atoms with E-state index in [2.05, 4.69) is 10.4 Å². The van der Waals surface area contributed by atoms with Crippen molar-refractivity contribution in [3.8, 4) is 0 Å². The first-order valence-corrected chi connectivity index (χ1v) is 4.67. The van der Waals surface area contributed by atoms with Crippen molar-refractivity contribution < 1.29 is 4.92 Å². The number of piperidine rings is 1. The second kappa shape index (κ2) is 3.75. The van der Waals surface area contributed by atoms with E-state index in [-0.39, 0.29) is 5.82 Å². The van der Waals surface area contributed by atoms with E-state index >= 15 is 0 Å². The van der Waals surface area contributed by atoms with Gasteiger partial charge in [-0.1, -0.05) is 0 Å². The summed E-state index contributed by atoms with van der Waals surface area (Å²) in [5, 5.41) is 17.6. The molecule has 1 aromatic rings. The predicted molar refractivity (Wildman–Crippen MR) is 50.0 cm³/mol. The highest BCUT2D eigenvalue weighted by molar-refractivity contribution is 5.14. The summed E-state index contributed by atoms with van der Waals surface area (Å²) >= 11 is 0. The van der Waals surface area contributed by atoms with Gasteiger partial charge in [-0.25, -0.2) is 0 Å². The molecule has 0 bridgehead atoms. The maximum atomic E-state index is 10.4. The predicted octanol–water partition coefficient (Wildman–Crippen LogP) is 0.716. The Morgan fingerprint density at radius 1 is 1.57 bits per heavy atom. The molecule has 0 saturated carbocycles. The number of nitrogens with zero attached hydrogens (tertiary/aromatic N) is 3. The van der Waals surface area contributed by atoms with Crippen LogP contribution >= 0.6 is 0 Å². The zero-order chi connectivity index (χ0) is 9.97. The molecule has 1 aromatic heterocycles. The number of nitro groups is 1. The monoisotopic (exact) mass is 196 g/mol. The lowest BCUT2D eigenvalue weighted by Gasteiger charge is -2.20. The molecule has 0 unspecified atom stereocenters. The highest BCUT2D eigenvalue weighted by Gasteiger charge is 2.20. The van der Waals surface area contributed by atoms with E-state index in [4.69, 9.17) is 0 Å². The minimum Gasteiger partial charge on any atom is -0.358 e. The number of hydrogen-bond donors (Lipinski definition) is 1. The van der Waals surface area contributed by atoms with Crippen molar-refractivity contribution in [1.82, 2.24) is 15.1 Å². The molecule has 0 aromatic carbocycles. The third kappa shape index (κ3) is 1.74. The first kappa shape index (κ1) is 9.14. The average molecular weight is 196 g/mol.